The van der Waals surface area contributed by atoms with E-state index in [2.05, 4.69) is 24.3 Å². The zero-order chi connectivity index (χ0) is 14.6. The molecule has 3 N–H and O–H groups in total. The van der Waals surface area contributed by atoms with Gasteiger partial charge in [0.2, 0.25) is 0 Å². The molecule has 0 saturated heterocycles. The first-order valence-electron chi connectivity index (χ1n) is 7.72. The SMILES string of the molecule is CC(c1ccc(SC2CCCCC2)cc1)C(C)(O)CN. The Bertz CT molecular complexity index is 410. The predicted octanol–water partition coefficient (Wildman–Crippen LogP) is 3.92. The predicted molar refractivity (Wildman–Crippen MR) is 87.3 cm³/mol. The van der Waals surface area contributed by atoms with Crippen LogP contribution in [-0.4, -0.2) is 22.5 Å². The topological polar surface area (TPSA) is 46.2 Å². The number of rotatable bonds is 5. The summed E-state index contributed by atoms with van der Waals surface area (Å²) in [6, 6.07) is 8.66. The molecule has 1 saturated carbocycles. The normalized spacial score (nSPS) is 21.4. The second-order valence-electron chi connectivity index (χ2n) is 6.23. The van der Waals surface area contributed by atoms with Crippen molar-refractivity contribution >= 4 is 11.8 Å². The molecule has 0 radical (unpaired) electrons. The Morgan fingerprint density at radius 3 is 2.40 bits per heavy atom. The molecule has 1 fully saturated rings. The molecule has 20 heavy (non-hydrogen) atoms. The van der Waals surface area contributed by atoms with E-state index in [9.17, 15) is 5.11 Å². The van der Waals surface area contributed by atoms with Gasteiger partial charge in [-0.3, -0.25) is 0 Å². The number of hydrogen-bond acceptors (Lipinski definition) is 3. The van der Waals surface area contributed by atoms with Crippen molar-refractivity contribution in [2.75, 3.05) is 6.54 Å². The van der Waals surface area contributed by atoms with Gasteiger partial charge in [0.25, 0.3) is 0 Å². The van der Waals surface area contributed by atoms with Crippen LogP contribution in [0.4, 0.5) is 0 Å². The molecule has 1 aliphatic rings. The van der Waals surface area contributed by atoms with Crippen LogP contribution in [0.2, 0.25) is 0 Å². The van der Waals surface area contributed by atoms with E-state index in [1.165, 1.54) is 37.0 Å². The van der Waals surface area contributed by atoms with Gasteiger partial charge in [-0.2, -0.15) is 0 Å². The van der Waals surface area contributed by atoms with Crippen LogP contribution in [0.25, 0.3) is 0 Å². The van der Waals surface area contributed by atoms with Gasteiger partial charge in [-0.15, -0.1) is 11.8 Å². The van der Waals surface area contributed by atoms with E-state index < -0.39 is 5.60 Å². The summed E-state index contributed by atoms with van der Waals surface area (Å²) in [6.07, 6.45) is 6.87. The molecule has 0 heterocycles. The summed E-state index contributed by atoms with van der Waals surface area (Å²) in [5.74, 6) is 0.0567. The number of hydrogen-bond donors (Lipinski definition) is 2. The van der Waals surface area contributed by atoms with Crippen LogP contribution in [0.15, 0.2) is 29.2 Å². The van der Waals surface area contributed by atoms with Gasteiger partial charge in [0.15, 0.2) is 0 Å². The minimum atomic E-state index is -0.835. The summed E-state index contributed by atoms with van der Waals surface area (Å²) in [4.78, 5) is 1.35. The zero-order valence-corrected chi connectivity index (χ0v) is 13.5. The highest BCUT2D eigenvalue weighted by atomic mass is 32.2. The number of benzene rings is 1. The molecular formula is C17H27NOS. The molecule has 2 unspecified atom stereocenters. The quantitative estimate of drug-likeness (QED) is 0.865. The standard InChI is InChI=1S/C17H27NOS/c1-13(17(2,19)12-18)14-8-10-16(11-9-14)20-15-6-4-3-5-7-15/h8-11,13,15,19H,3-7,12,18H2,1-2H3. The van der Waals surface area contributed by atoms with E-state index in [-0.39, 0.29) is 12.5 Å². The van der Waals surface area contributed by atoms with E-state index >= 15 is 0 Å². The van der Waals surface area contributed by atoms with Gasteiger partial charge in [0.05, 0.1) is 5.60 Å². The Hall–Kier alpha value is -0.510. The average Bonchev–Trinajstić information content (AvgIpc) is 2.48. The molecule has 0 aromatic heterocycles. The van der Waals surface area contributed by atoms with Crippen molar-refractivity contribution < 1.29 is 5.11 Å². The molecule has 0 spiro atoms. The summed E-state index contributed by atoms with van der Waals surface area (Å²) in [5.41, 5.74) is 5.97. The molecule has 2 atom stereocenters. The first-order valence-corrected chi connectivity index (χ1v) is 8.60. The van der Waals surface area contributed by atoms with Crippen LogP contribution in [0.3, 0.4) is 0 Å². The first-order chi connectivity index (χ1) is 9.53. The maximum absolute atomic E-state index is 10.2. The minimum Gasteiger partial charge on any atom is -0.388 e. The second kappa shape index (κ2) is 6.97. The molecule has 2 rings (SSSR count). The molecule has 0 amide bonds. The van der Waals surface area contributed by atoms with Crippen LogP contribution in [0.5, 0.6) is 0 Å². The van der Waals surface area contributed by atoms with Gasteiger partial charge in [-0.25, -0.2) is 0 Å². The van der Waals surface area contributed by atoms with Gasteiger partial charge >= 0.3 is 0 Å². The summed E-state index contributed by atoms with van der Waals surface area (Å²) < 4.78 is 0. The lowest BCUT2D eigenvalue weighted by molar-refractivity contribution is 0.0451. The Kier molecular flexibility index (Phi) is 5.53. The van der Waals surface area contributed by atoms with E-state index in [1.807, 2.05) is 25.6 Å². The Balaban J connectivity index is 1.98. The highest BCUT2D eigenvalue weighted by Gasteiger charge is 2.27. The van der Waals surface area contributed by atoms with Crippen LogP contribution in [0, 0.1) is 0 Å². The number of nitrogens with two attached hydrogens (primary N) is 1. The number of thioether (sulfide) groups is 1. The van der Waals surface area contributed by atoms with Gasteiger partial charge in [0.1, 0.15) is 0 Å². The van der Waals surface area contributed by atoms with E-state index in [0.717, 1.165) is 10.8 Å². The van der Waals surface area contributed by atoms with Gasteiger partial charge in [-0.1, -0.05) is 38.3 Å². The summed E-state index contributed by atoms with van der Waals surface area (Å²) >= 11 is 2.01. The summed E-state index contributed by atoms with van der Waals surface area (Å²) in [7, 11) is 0. The largest absolute Gasteiger partial charge is 0.388 e. The lowest BCUT2D eigenvalue weighted by atomic mass is 9.85. The Morgan fingerprint density at radius 1 is 1.25 bits per heavy atom. The van der Waals surface area contributed by atoms with Crippen LogP contribution in [0.1, 0.15) is 57.4 Å². The van der Waals surface area contributed by atoms with Gasteiger partial charge in [0, 0.05) is 22.6 Å². The zero-order valence-electron chi connectivity index (χ0n) is 12.6. The van der Waals surface area contributed by atoms with Crippen molar-refractivity contribution in [3.05, 3.63) is 29.8 Å². The van der Waals surface area contributed by atoms with Crippen molar-refractivity contribution in [2.24, 2.45) is 5.73 Å². The highest BCUT2D eigenvalue weighted by molar-refractivity contribution is 8.00. The van der Waals surface area contributed by atoms with Crippen molar-refractivity contribution in [1.29, 1.82) is 0 Å². The molecule has 1 aromatic carbocycles. The Labute approximate surface area is 127 Å². The van der Waals surface area contributed by atoms with E-state index in [4.69, 9.17) is 5.73 Å². The fourth-order valence-corrected chi connectivity index (χ4v) is 3.99. The van der Waals surface area contributed by atoms with Crippen molar-refractivity contribution in [3.63, 3.8) is 0 Å². The molecule has 112 valence electrons. The third kappa shape index (κ3) is 4.00. The number of aliphatic hydroxyl groups is 1. The van der Waals surface area contributed by atoms with E-state index in [1.54, 1.807) is 0 Å². The van der Waals surface area contributed by atoms with Crippen LogP contribution >= 0.6 is 11.8 Å². The lowest BCUT2D eigenvalue weighted by Crippen LogP contribution is -2.39. The third-order valence-electron chi connectivity index (χ3n) is 4.58. The maximum Gasteiger partial charge on any atom is 0.0806 e. The van der Waals surface area contributed by atoms with Crippen LogP contribution < -0.4 is 5.73 Å². The molecule has 2 nitrogen and oxygen atoms in total. The van der Waals surface area contributed by atoms with Crippen LogP contribution in [-0.2, 0) is 0 Å². The first kappa shape index (κ1) is 15.9. The smallest absolute Gasteiger partial charge is 0.0806 e. The van der Waals surface area contributed by atoms with Crippen molar-refractivity contribution in [1.82, 2.24) is 0 Å². The molecule has 0 bridgehead atoms. The third-order valence-corrected chi connectivity index (χ3v) is 5.93. The second-order valence-corrected chi connectivity index (χ2v) is 7.60. The fourth-order valence-electron chi connectivity index (χ4n) is 2.75. The van der Waals surface area contributed by atoms with E-state index in [0.29, 0.717) is 0 Å². The molecule has 1 aliphatic carbocycles. The highest BCUT2D eigenvalue weighted by Crippen LogP contribution is 2.35. The lowest BCUT2D eigenvalue weighted by Gasteiger charge is -2.29. The fraction of sp³-hybridized carbons (Fsp3) is 0.647. The van der Waals surface area contributed by atoms with Crippen molar-refractivity contribution in [3.8, 4) is 0 Å². The molecule has 3 heteroatoms. The molecule has 1 aromatic rings. The summed E-state index contributed by atoms with van der Waals surface area (Å²) in [6.45, 7) is 4.13. The van der Waals surface area contributed by atoms with Gasteiger partial charge < -0.3 is 10.8 Å². The van der Waals surface area contributed by atoms with Crippen molar-refractivity contribution in [2.45, 2.75) is 67.6 Å². The van der Waals surface area contributed by atoms with Gasteiger partial charge in [-0.05, 0) is 37.5 Å². The summed E-state index contributed by atoms with van der Waals surface area (Å²) in [5, 5.41) is 11.0. The monoisotopic (exact) mass is 293 g/mol. The maximum atomic E-state index is 10.2. The Morgan fingerprint density at radius 2 is 1.85 bits per heavy atom. The molecule has 0 aliphatic heterocycles. The minimum absolute atomic E-state index is 0.0567. The average molecular weight is 293 g/mol. The molecular weight excluding hydrogens is 266 g/mol.